The molecule has 106 valence electrons. The molecule has 0 bridgehead atoms. The van der Waals surface area contributed by atoms with E-state index in [-0.39, 0.29) is 10.1 Å². The van der Waals surface area contributed by atoms with Crippen LogP contribution in [0.3, 0.4) is 0 Å². The fourth-order valence-corrected chi connectivity index (χ4v) is 2.25. The fraction of sp³-hybridized carbons (Fsp3) is 0.455. The molecule has 0 aliphatic carbocycles. The van der Waals surface area contributed by atoms with E-state index in [9.17, 15) is 28.4 Å². The van der Waals surface area contributed by atoms with E-state index in [2.05, 4.69) is 0 Å². The summed E-state index contributed by atoms with van der Waals surface area (Å²) in [5.41, 5.74) is -2.25. The van der Waals surface area contributed by atoms with Gasteiger partial charge in [0.05, 0.1) is 11.0 Å². The number of hydrogen-bond acceptors (Lipinski definition) is 4. The molecule has 0 aliphatic rings. The third kappa shape index (κ3) is 4.10. The molecule has 2 unspecified atom stereocenters. The van der Waals surface area contributed by atoms with Crippen molar-refractivity contribution in [3.8, 4) is 0 Å². The van der Waals surface area contributed by atoms with Crippen LogP contribution in [0.1, 0.15) is 19.4 Å². The number of rotatable bonds is 4. The highest BCUT2D eigenvalue weighted by Crippen LogP contribution is 2.39. The molecule has 0 heterocycles. The van der Waals surface area contributed by atoms with E-state index in [4.69, 9.17) is 0 Å². The highest BCUT2D eigenvalue weighted by Gasteiger charge is 2.38. The lowest BCUT2D eigenvalue weighted by Gasteiger charge is -2.15. The highest BCUT2D eigenvalue weighted by atomic mass is 32.2. The number of aliphatic hydroxyl groups is 1. The predicted molar refractivity (Wildman–Crippen MR) is 65.1 cm³/mol. The molecule has 1 aromatic carbocycles. The van der Waals surface area contributed by atoms with Crippen molar-refractivity contribution in [2.75, 3.05) is 0 Å². The summed E-state index contributed by atoms with van der Waals surface area (Å²) in [5, 5.41) is 19.6. The summed E-state index contributed by atoms with van der Waals surface area (Å²) in [6.07, 6.45) is -5.48. The summed E-state index contributed by atoms with van der Waals surface area (Å²) in [7, 11) is 0. The molecule has 0 amide bonds. The molecule has 0 fully saturated rings. The van der Waals surface area contributed by atoms with Gasteiger partial charge in [0, 0.05) is 16.2 Å². The van der Waals surface area contributed by atoms with Crippen molar-refractivity contribution in [3.05, 3.63) is 33.9 Å². The molecule has 0 aromatic heterocycles. The van der Waals surface area contributed by atoms with Crippen LogP contribution in [-0.4, -0.2) is 21.4 Å². The minimum atomic E-state index is -4.78. The molecule has 0 aliphatic heterocycles. The largest absolute Gasteiger partial charge is 0.423 e. The summed E-state index contributed by atoms with van der Waals surface area (Å²) >= 11 is 1.03. The van der Waals surface area contributed by atoms with Gasteiger partial charge in [0.15, 0.2) is 0 Å². The van der Waals surface area contributed by atoms with Crippen LogP contribution in [0.2, 0.25) is 0 Å². The zero-order chi connectivity index (χ0) is 14.8. The monoisotopic (exact) mass is 295 g/mol. The van der Waals surface area contributed by atoms with Crippen molar-refractivity contribution in [1.82, 2.24) is 0 Å². The second-order valence-electron chi connectivity index (χ2n) is 4.00. The van der Waals surface area contributed by atoms with Gasteiger partial charge in [-0.25, -0.2) is 0 Å². The second kappa shape index (κ2) is 5.79. The van der Waals surface area contributed by atoms with Crippen LogP contribution in [0, 0.1) is 10.1 Å². The maximum absolute atomic E-state index is 12.7. The van der Waals surface area contributed by atoms with Crippen LogP contribution >= 0.6 is 11.8 Å². The van der Waals surface area contributed by atoms with Gasteiger partial charge in [-0.1, -0.05) is 6.92 Å². The smallest absolute Gasteiger partial charge is 0.392 e. The van der Waals surface area contributed by atoms with Crippen LogP contribution in [0.25, 0.3) is 0 Å². The van der Waals surface area contributed by atoms with Crippen molar-refractivity contribution in [1.29, 1.82) is 0 Å². The van der Waals surface area contributed by atoms with Crippen LogP contribution in [0.4, 0.5) is 18.9 Å². The van der Waals surface area contributed by atoms with Crippen molar-refractivity contribution in [2.24, 2.45) is 0 Å². The molecule has 4 nitrogen and oxygen atoms in total. The summed E-state index contributed by atoms with van der Waals surface area (Å²) in [4.78, 5) is 9.74. The third-order valence-electron chi connectivity index (χ3n) is 2.47. The van der Waals surface area contributed by atoms with Gasteiger partial charge in [-0.15, -0.1) is 11.8 Å². The lowest BCUT2D eigenvalue weighted by atomic mass is 10.2. The van der Waals surface area contributed by atoms with E-state index >= 15 is 0 Å². The molecule has 19 heavy (non-hydrogen) atoms. The Morgan fingerprint density at radius 1 is 1.37 bits per heavy atom. The number of nitro benzene ring substituents is 1. The second-order valence-corrected chi connectivity index (χ2v) is 5.45. The third-order valence-corrected chi connectivity index (χ3v) is 3.76. The van der Waals surface area contributed by atoms with Crippen molar-refractivity contribution in [3.63, 3.8) is 0 Å². The van der Waals surface area contributed by atoms with Gasteiger partial charge in [-0.05, 0) is 19.1 Å². The van der Waals surface area contributed by atoms with Crippen molar-refractivity contribution < 1.29 is 23.2 Å². The Kier molecular flexibility index (Phi) is 4.81. The number of thioether (sulfide) groups is 1. The number of benzene rings is 1. The van der Waals surface area contributed by atoms with E-state index < -0.39 is 28.5 Å². The zero-order valence-corrected chi connectivity index (χ0v) is 11.0. The SMILES string of the molecule is CC(O)C(C)Sc1ccc([N+](=O)[O-])c(C(F)(F)F)c1. The van der Waals surface area contributed by atoms with E-state index in [0.717, 1.165) is 23.9 Å². The van der Waals surface area contributed by atoms with Gasteiger partial charge >= 0.3 is 6.18 Å². The predicted octanol–water partition coefficient (Wildman–Crippen LogP) is 3.48. The molecule has 2 atom stereocenters. The van der Waals surface area contributed by atoms with Gasteiger partial charge in [0.1, 0.15) is 5.56 Å². The molecular formula is C11H12F3NO3S. The van der Waals surface area contributed by atoms with Gasteiger partial charge < -0.3 is 5.11 Å². The number of nitrogens with zero attached hydrogens (tertiary/aromatic N) is 1. The number of alkyl halides is 3. The maximum Gasteiger partial charge on any atom is 0.423 e. The molecular weight excluding hydrogens is 283 g/mol. The summed E-state index contributed by atoms with van der Waals surface area (Å²) in [5.74, 6) is 0. The standard InChI is InChI=1S/C11H12F3NO3S/c1-6(16)7(2)19-8-3-4-10(15(17)18)9(5-8)11(12,13)14/h3-7,16H,1-2H3. The Balaban J connectivity index is 3.16. The van der Waals surface area contributed by atoms with Crippen molar-refractivity contribution in [2.45, 2.75) is 36.3 Å². The first-order valence-electron chi connectivity index (χ1n) is 5.33. The summed E-state index contributed by atoms with van der Waals surface area (Å²) in [6.45, 7) is 3.18. The lowest BCUT2D eigenvalue weighted by Crippen LogP contribution is -2.15. The summed E-state index contributed by atoms with van der Waals surface area (Å²) < 4.78 is 38.2. The van der Waals surface area contributed by atoms with Crippen LogP contribution < -0.4 is 0 Å². The van der Waals surface area contributed by atoms with E-state index in [0.29, 0.717) is 0 Å². The highest BCUT2D eigenvalue weighted by molar-refractivity contribution is 8.00. The van der Waals surface area contributed by atoms with E-state index in [1.54, 1.807) is 6.92 Å². The average molecular weight is 295 g/mol. The molecule has 8 heteroatoms. The number of hydrogen-bond donors (Lipinski definition) is 1. The Morgan fingerprint density at radius 3 is 2.37 bits per heavy atom. The normalized spacial score (nSPS) is 15.1. The molecule has 1 rings (SSSR count). The summed E-state index contributed by atoms with van der Waals surface area (Å²) in [6, 6.07) is 2.82. The average Bonchev–Trinajstić information content (AvgIpc) is 2.27. The van der Waals surface area contributed by atoms with E-state index in [1.807, 2.05) is 0 Å². The molecule has 0 saturated heterocycles. The Labute approximate surface area is 111 Å². The first kappa shape index (κ1) is 15.8. The molecule has 0 spiro atoms. The van der Waals surface area contributed by atoms with Crippen molar-refractivity contribution >= 4 is 17.4 Å². The molecule has 1 N–H and O–H groups in total. The molecule has 0 radical (unpaired) electrons. The zero-order valence-electron chi connectivity index (χ0n) is 10.1. The first-order valence-corrected chi connectivity index (χ1v) is 6.21. The first-order chi connectivity index (χ1) is 8.62. The van der Waals surface area contributed by atoms with Gasteiger partial charge in [0.2, 0.25) is 0 Å². The number of nitro groups is 1. The molecule has 0 saturated carbocycles. The van der Waals surface area contributed by atoms with Gasteiger partial charge in [-0.3, -0.25) is 10.1 Å². The van der Waals surface area contributed by atoms with Crippen LogP contribution in [-0.2, 0) is 6.18 Å². The Bertz CT molecular complexity index is 477. The number of aliphatic hydroxyl groups excluding tert-OH is 1. The van der Waals surface area contributed by atoms with Gasteiger partial charge in [0.25, 0.3) is 5.69 Å². The van der Waals surface area contributed by atoms with Crippen LogP contribution in [0.5, 0.6) is 0 Å². The maximum atomic E-state index is 12.7. The number of halogens is 3. The quantitative estimate of drug-likeness (QED) is 0.525. The van der Waals surface area contributed by atoms with Crippen LogP contribution in [0.15, 0.2) is 23.1 Å². The van der Waals surface area contributed by atoms with Gasteiger partial charge in [-0.2, -0.15) is 13.2 Å². The minimum absolute atomic E-state index is 0.228. The lowest BCUT2D eigenvalue weighted by molar-refractivity contribution is -0.388. The Morgan fingerprint density at radius 2 is 1.95 bits per heavy atom. The Hall–Kier alpha value is -1.28. The molecule has 1 aromatic rings. The van der Waals surface area contributed by atoms with E-state index in [1.165, 1.54) is 13.0 Å². The fourth-order valence-electron chi connectivity index (χ4n) is 1.29. The topological polar surface area (TPSA) is 63.4 Å². The minimum Gasteiger partial charge on any atom is -0.392 e.